The number of hydrogen-bond donors (Lipinski definition) is 1. The number of aromatic nitrogens is 1. The molecule has 0 bridgehead atoms. The summed E-state index contributed by atoms with van der Waals surface area (Å²) in [4.78, 5) is 19.8. The van der Waals surface area contributed by atoms with Gasteiger partial charge in [0.2, 0.25) is 0 Å². The Bertz CT molecular complexity index is 1080. The predicted octanol–water partition coefficient (Wildman–Crippen LogP) is 6.07. The van der Waals surface area contributed by atoms with Crippen LogP contribution < -0.4 is 5.32 Å². The van der Waals surface area contributed by atoms with Gasteiger partial charge >= 0.3 is 0 Å². The predicted molar refractivity (Wildman–Crippen MR) is 122 cm³/mol. The Labute approximate surface area is 184 Å². The Morgan fingerprint density at radius 3 is 2.63 bits per heavy atom. The van der Waals surface area contributed by atoms with Crippen LogP contribution >= 0.6 is 15.9 Å². The molecular formula is C24H25BrFN3O. The topological polar surface area (TPSA) is 45.2 Å². The number of carbonyl (C=O) groups is 1. The van der Waals surface area contributed by atoms with Crippen LogP contribution in [0.5, 0.6) is 0 Å². The number of benzene rings is 2. The Hall–Kier alpha value is -2.31. The third-order valence-electron chi connectivity index (χ3n) is 5.70. The van der Waals surface area contributed by atoms with Crippen molar-refractivity contribution < 1.29 is 9.18 Å². The molecule has 1 aromatic heterocycles. The minimum absolute atomic E-state index is 0.274. The highest BCUT2D eigenvalue weighted by Gasteiger charge is 2.14. The Balaban J connectivity index is 1.53. The molecule has 0 atom stereocenters. The first-order chi connectivity index (χ1) is 14.5. The van der Waals surface area contributed by atoms with Gasteiger partial charge in [0.15, 0.2) is 0 Å². The summed E-state index contributed by atoms with van der Waals surface area (Å²) in [6.07, 6.45) is 7.13. The number of fused-ring (bicyclic) bond motifs is 1. The van der Waals surface area contributed by atoms with Gasteiger partial charge in [-0.1, -0.05) is 18.9 Å². The number of nitrogens with one attached hydrogen (secondary N) is 1. The van der Waals surface area contributed by atoms with E-state index in [0.29, 0.717) is 10.2 Å². The molecule has 4 rings (SSSR count). The molecule has 1 fully saturated rings. The maximum atomic E-state index is 13.8. The highest BCUT2D eigenvalue weighted by molar-refractivity contribution is 9.10. The van der Waals surface area contributed by atoms with Crippen molar-refractivity contribution in [2.45, 2.75) is 39.2 Å². The van der Waals surface area contributed by atoms with Gasteiger partial charge in [0.05, 0.1) is 9.99 Å². The largest absolute Gasteiger partial charge is 0.322 e. The first-order valence-corrected chi connectivity index (χ1v) is 11.2. The minimum Gasteiger partial charge on any atom is -0.322 e. The van der Waals surface area contributed by atoms with E-state index in [2.05, 4.69) is 32.2 Å². The molecule has 1 saturated heterocycles. The second-order valence-corrected chi connectivity index (χ2v) is 8.78. The van der Waals surface area contributed by atoms with Gasteiger partial charge in [0.1, 0.15) is 5.82 Å². The van der Waals surface area contributed by atoms with E-state index in [1.807, 2.05) is 25.3 Å². The highest BCUT2D eigenvalue weighted by atomic mass is 79.9. The summed E-state index contributed by atoms with van der Waals surface area (Å²) in [6.45, 7) is 5.18. The Kier molecular flexibility index (Phi) is 6.44. The van der Waals surface area contributed by atoms with Crippen molar-refractivity contribution in [2.75, 3.05) is 18.4 Å². The summed E-state index contributed by atoms with van der Waals surface area (Å²) < 4.78 is 14.1. The molecule has 1 aliphatic rings. The van der Waals surface area contributed by atoms with Crippen LogP contribution in [0.2, 0.25) is 0 Å². The fourth-order valence-electron chi connectivity index (χ4n) is 4.00. The van der Waals surface area contributed by atoms with E-state index in [1.54, 1.807) is 6.07 Å². The number of halogens is 2. The van der Waals surface area contributed by atoms with Gasteiger partial charge < -0.3 is 5.32 Å². The van der Waals surface area contributed by atoms with Crippen molar-refractivity contribution in [3.8, 4) is 0 Å². The molecule has 0 spiro atoms. The highest BCUT2D eigenvalue weighted by Crippen LogP contribution is 2.26. The third kappa shape index (κ3) is 4.71. The van der Waals surface area contributed by atoms with Gasteiger partial charge in [0.25, 0.3) is 5.91 Å². The van der Waals surface area contributed by atoms with Crippen LogP contribution in [0.4, 0.5) is 10.1 Å². The lowest BCUT2D eigenvalue weighted by Gasteiger charge is -2.20. The second-order valence-electron chi connectivity index (χ2n) is 7.93. The molecule has 2 heterocycles. The molecule has 0 radical (unpaired) electrons. The number of hydrogen-bond acceptors (Lipinski definition) is 3. The van der Waals surface area contributed by atoms with Gasteiger partial charge in [-0.25, -0.2) is 4.39 Å². The van der Waals surface area contributed by atoms with Crippen LogP contribution in [-0.4, -0.2) is 28.9 Å². The van der Waals surface area contributed by atoms with Crippen LogP contribution in [0, 0.1) is 12.7 Å². The molecule has 1 N–H and O–H groups in total. The van der Waals surface area contributed by atoms with Crippen LogP contribution in [0.1, 0.15) is 47.2 Å². The van der Waals surface area contributed by atoms with Crippen LogP contribution in [0.15, 0.2) is 47.1 Å². The number of anilines is 1. The zero-order valence-electron chi connectivity index (χ0n) is 17.0. The van der Waals surface area contributed by atoms with Crippen molar-refractivity contribution in [2.24, 2.45) is 0 Å². The molecule has 0 unspecified atom stereocenters. The minimum atomic E-state index is -0.462. The number of nitrogens with zero attached hydrogens (tertiary/aromatic N) is 2. The number of likely N-dealkylation sites (tertiary alicyclic amines) is 1. The van der Waals surface area contributed by atoms with E-state index >= 15 is 0 Å². The number of amides is 1. The maximum Gasteiger partial charge on any atom is 0.255 e. The van der Waals surface area contributed by atoms with Gasteiger partial charge in [-0.15, -0.1) is 0 Å². The molecule has 30 heavy (non-hydrogen) atoms. The molecule has 0 aliphatic carbocycles. The van der Waals surface area contributed by atoms with Crippen molar-refractivity contribution in [1.29, 1.82) is 0 Å². The van der Waals surface area contributed by atoms with E-state index in [4.69, 9.17) is 4.98 Å². The molecule has 6 heteroatoms. The summed E-state index contributed by atoms with van der Waals surface area (Å²) in [5.41, 5.74) is 3.94. The second kappa shape index (κ2) is 9.23. The lowest BCUT2D eigenvalue weighted by molar-refractivity contribution is 0.102. The molecule has 4 nitrogen and oxygen atoms in total. The van der Waals surface area contributed by atoms with E-state index in [0.717, 1.165) is 36.1 Å². The quantitative estimate of drug-likeness (QED) is 0.503. The average molecular weight is 470 g/mol. The van der Waals surface area contributed by atoms with E-state index in [-0.39, 0.29) is 11.5 Å². The molecular weight excluding hydrogens is 445 g/mol. The standard InChI is InChI=1S/C24H25BrFN3O/c1-16-22(28-24(30)19-6-8-20(25)21(26)13-19)9-7-18-12-17(14-27-23(16)18)15-29-10-4-2-3-5-11-29/h6-9,12-14H,2-5,10-11,15H2,1H3,(H,28,30). The Morgan fingerprint density at radius 1 is 1.13 bits per heavy atom. The summed E-state index contributed by atoms with van der Waals surface area (Å²) in [5, 5.41) is 3.95. The van der Waals surface area contributed by atoms with Gasteiger partial charge in [-0.2, -0.15) is 0 Å². The van der Waals surface area contributed by atoms with E-state index in [1.165, 1.54) is 43.4 Å². The monoisotopic (exact) mass is 469 g/mol. The fourth-order valence-corrected chi connectivity index (χ4v) is 4.25. The van der Waals surface area contributed by atoms with Crippen molar-refractivity contribution in [1.82, 2.24) is 9.88 Å². The van der Waals surface area contributed by atoms with Crippen molar-refractivity contribution >= 4 is 38.4 Å². The molecule has 1 aliphatic heterocycles. The fraction of sp³-hybridized carbons (Fsp3) is 0.333. The first kappa shape index (κ1) is 20.9. The zero-order valence-corrected chi connectivity index (χ0v) is 18.6. The molecule has 3 aromatic rings. The SMILES string of the molecule is Cc1c(NC(=O)c2ccc(Br)c(F)c2)ccc2cc(CN3CCCCCC3)cnc12. The Morgan fingerprint density at radius 2 is 1.90 bits per heavy atom. The summed E-state index contributed by atoms with van der Waals surface area (Å²) in [5.74, 6) is -0.807. The van der Waals surface area contributed by atoms with Gasteiger partial charge in [-0.3, -0.25) is 14.7 Å². The van der Waals surface area contributed by atoms with Crippen LogP contribution in [0.3, 0.4) is 0 Å². The molecule has 0 saturated carbocycles. The first-order valence-electron chi connectivity index (χ1n) is 10.4. The van der Waals surface area contributed by atoms with E-state index < -0.39 is 5.82 Å². The smallest absolute Gasteiger partial charge is 0.255 e. The molecule has 2 aromatic carbocycles. The average Bonchev–Trinajstić information content (AvgIpc) is 3.01. The number of aryl methyl sites for hydroxylation is 1. The van der Waals surface area contributed by atoms with Crippen molar-refractivity contribution in [3.05, 3.63) is 69.6 Å². The summed E-state index contributed by atoms with van der Waals surface area (Å²) in [7, 11) is 0. The van der Waals surface area contributed by atoms with E-state index in [9.17, 15) is 9.18 Å². The number of pyridine rings is 1. The van der Waals surface area contributed by atoms with Crippen molar-refractivity contribution in [3.63, 3.8) is 0 Å². The van der Waals surface area contributed by atoms with Crippen LogP contribution in [0.25, 0.3) is 10.9 Å². The molecule has 156 valence electrons. The molecule has 1 amide bonds. The third-order valence-corrected chi connectivity index (χ3v) is 6.34. The summed E-state index contributed by atoms with van der Waals surface area (Å²) >= 11 is 3.11. The number of rotatable bonds is 4. The maximum absolute atomic E-state index is 13.8. The summed E-state index contributed by atoms with van der Waals surface area (Å²) in [6, 6.07) is 10.4. The lowest BCUT2D eigenvalue weighted by atomic mass is 10.1. The zero-order chi connectivity index (χ0) is 21.1. The normalized spacial score (nSPS) is 15.2. The number of carbonyl (C=O) groups excluding carboxylic acids is 1. The lowest BCUT2D eigenvalue weighted by Crippen LogP contribution is -2.24. The van der Waals surface area contributed by atoms with Crippen LogP contribution in [-0.2, 0) is 6.54 Å². The van der Waals surface area contributed by atoms with Gasteiger partial charge in [-0.05, 0) is 90.2 Å². The van der Waals surface area contributed by atoms with Gasteiger partial charge in [0, 0.05) is 29.4 Å².